The maximum atomic E-state index is 4.73. The average molecular weight is 68.9 g/mol. The number of hydrogen-bond acceptors (Lipinski definition) is 1. The molecule has 1 unspecified atom stereocenters. The van der Waals surface area contributed by atoms with Crippen molar-refractivity contribution in [3.8, 4) is 0 Å². The van der Waals surface area contributed by atoms with E-state index < -0.39 is 0 Å². The van der Waals surface area contributed by atoms with E-state index in [2.05, 4.69) is 6.92 Å². The van der Waals surface area contributed by atoms with Gasteiger partial charge in [0.2, 0.25) is 0 Å². The molecule has 1 aliphatic heterocycles. The van der Waals surface area contributed by atoms with Gasteiger partial charge in [-0.05, 0) is 6.42 Å². The van der Waals surface area contributed by atoms with E-state index in [0.717, 1.165) is 6.42 Å². The van der Waals surface area contributed by atoms with Crippen molar-refractivity contribution in [1.29, 1.82) is 0 Å². The Labute approximate surface area is 32.6 Å². The van der Waals surface area contributed by atoms with Crippen LogP contribution in [-0.4, -0.2) is 13.5 Å². The quantitative estimate of drug-likeness (QED) is 0.320. The number of rotatable bonds is 1. The molecule has 0 aliphatic carbocycles. The first-order valence-electron chi connectivity index (χ1n) is 1.92. The summed E-state index contributed by atoms with van der Waals surface area (Å²) in [5.74, 6) is 0. The average Bonchev–Trinajstić information content (AvgIpc) is 2.12. The topological polar surface area (TPSA) is 12.5 Å². The van der Waals surface area contributed by atoms with Crippen LogP contribution in [0.25, 0.3) is 0 Å². The molecule has 0 aromatic rings. The molecule has 1 nitrogen and oxygen atoms in total. The Bertz CT molecular complexity index is 33.9. The summed E-state index contributed by atoms with van der Waals surface area (Å²) < 4.78 is 4.73. The van der Waals surface area contributed by atoms with Crippen LogP contribution in [-0.2, 0) is 4.65 Å². The van der Waals surface area contributed by atoms with Crippen molar-refractivity contribution in [3.05, 3.63) is 0 Å². The van der Waals surface area contributed by atoms with Gasteiger partial charge in [-0.25, -0.2) is 0 Å². The van der Waals surface area contributed by atoms with Crippen molar-refractivity contribution in [2.45, 2.75) is 19.3 Å². The molecule has 1 rings (SSSR count). The van der Waals surface area contributed by atoms with Crippen LogP contribution in [0.3, 0.4) is 0 Å². The molecule has 0 spiro atoms. The predicted molar refractivity (Wildman–Crippen MR) is 20.9 cm³/mol. The molecule has 1 atom stereocenters. The largest absolute Gasteiger partial charge is 0.439 e. The van der Waals surface area contributed by atoms with Gasteiger partial charge in [-0.15, -0.1) is 0 Å². The lowest BCUT2D eigenvalue weighted by Gasteiger charge is -1.71. The van der Waals surface area contributed by atoms with Crippen molar-refractivity contribution in [1.82, 2.24) is 0 Å². The highest BCUT2D eigenvalue weighted by Crippen LogP contribution is 2.07. The van der Waals surface area contributed by atoms with Crippen LogP contribution in [0, 0.1) is 0 Å². The molecule has 1 aliphatic rings. The third kappa shape index (κ3) is 0.654. The molecule has 5 heavy (non-hydrogen) atoms. The van der Waals surface area contributed by atoms with Crippen LogP contribution in [0.2, 0.25) is 0 Å². The lowest BCUT2D eigenvalue weighted by atomic mass is 10.0. The molecule has 1 heterocycles. The van der Waals surface area contributed by atoms with Gasteiger partial charge < -0.3 is 4.65 Å². The van der Waals surface area contributed by atoms with Gasteiger partial charge in [-0.2, -0.15) is 0 Å². The smallest absolute Gasteiger partial charge is 0.321 e. The fourth-order valence-corrected chi connectivity index (χ4v) is 0.248. The summed E-state index contributed by atoms with van der Waals surface area (Å²) >= 11 is 0. The summed E-state index contributed by atoms with van der Waals surface area (Å²) in [4.78, 5) is 0. The Morgan fingerprint density at radius 3 is 2.60 bits per heavy atom. The molecule has 0 saturated carbocycles. The zero-order chi connectivity index (χ0) is 3.70. The molecule has 0 amide bonds. The van der Waals surface area contributed by atoms with Crippen LogP contribution in [0.4, 0.5) is 0 Å². The lowest BCUT2D eigenvalue weighted by molar-refractivity contribution is 0.446. The fraction of sp³-hybridized carbons (Fsp3) is 1.00. The minimum atomic E-state index is 0.509. The van der Waals surface area contributed by atoms with Crippen LogP contribution >= 0.6 is 0 Å². The monoisotopic (exact) mass is 69.1 g/mol. The van der Waals surface area contributed by atoms with Crippen molar-refractivity contribution in [2.24, 2.45) is 0 Å². The van der Waals surface area contributed by atoms with E-state index >= 15 is 0 Å². The maximum absolute atomic E-state index is 4.73. The van der Waals surface area contributed by atoms with E-state index in [-0.39, 0.29) is 0 Å². The molecule has 0 aromatic carbocycles. The van der Waals surface area contributed by atoms with Crippen molar-refractivity contribution >= 4 is 7.48 Å². The minimum absolute atomic E-state index is 0.509. The molecule has 1 radical (unpaired) electrons. The van der Waals surface area contributed by atoms with Gasteiger partial charge in [0.1, 0.15) is 0 Å². The molecular formula is C3H6BO. The summed E-state index contributed by atoms with van der Waals surface area (Å²) in [6, 6.07) is 0.509. The standard InChI is InChI=1S/C3H6BO/c1-2-3-4-5-3/h3H,2H2,1H3. The Hall–Kier alpha value is 0.0249. The highest BCUT2D eigenvalue weighted by atomic mass is 16.5. The van der Waals surface area contributed by atoms with E-state index in [1.807, 2.05) is 7.48 Å². The molecule has 0 bridgehead atoms. The van der Waals surface area contributed by atoms with Crippen LogP contribution in [0.5, 0.6) is 0 Å². The van der Waals surface area contributed by atoms with Crippen molar-refractivity contribution < 1.29 is 4.65 Å². The zero-order valence-electron chi connectivity index (χ0n) is 3.27. The van der Waals surface area contributed by atoms with E-state index in [0.29, 0.717) is 6.00 Å². The molecule has 2 heteroatoms. The maximum Gasteiger partial charge on any atom is 0.321 e. The minimum Gasteiger partial charge on any atom is -0.439 e. The van der Waals surface area contributed by atoms with E-state index in [1.165, 1.54) is 0 Å². The van der Waals surface area contributed by atoms with Crippen LogP contribution in [0.1, 0.15) is 13.3 Å². The van der Waals surface area contributed by atoms with Gasteiger partial charge in [0, 0.05) is 6.00 Å². The third-order valence-electron chi connectivity index (χ3n) is 0.731. The third-order valence-corrected chi connectivity index (χ3v) is 0.731. The van der Waals surface area contributed by atoms with E-state index in [1.54, 1.807) is 0 Å². The molecule has 1 saturated heterocycles. The zero-order valence-corrected chi connectivity index (χ0v) is 3.27. The first kappa shape index (κ1) is 3.22. The second-order valence-corrected chi connectivity index (χ2v) is 1.22. The second-order valence-electron chi connectivity index (χ2n) is 1.22. The van der Waals surface area contributed by atoms with Crippen LogP contribution < -0.4 is 0 Å². The van der Waals surface area contributed by atoms with E-state index in [4.69, 9.17) is 4.65 Å². The molecule has 1 fully saturated rings. The normalized spacial score (nSPS) is 32.6. The fourth-order valence-electron chi connectivity index (χ4n) is 0.248. The van der Waals surface area contributed by atoms with Crippen molar-refractivity contribution in [3.63, 3.8) is 0 Å². The molecule has 27 valence electrons. The van der Waals surface area contributed by atoms with E-state index in [9.17, 15) is 0 Å². The predicted octanol–water partition coefficient (Wildman–Crippen LogP) is 0.372. The summed E-state index contributed by atoms with van der Waals surface area (Å²) in [5.41, 5.74) is 0. The van der Waals surface area contributed by atoms with Gasteiger partial charge in [0.25, 0.3) is 0 Å². The Balaban J connectivity index is 2.00. The van der Waals surface area contributed by atoms with Crippen LogP contribution in [0.15, 0.2) is 0 Å². The van der Waals surface area contributed by atoms with Gasteiger partial charge in [0.05, 0.1) is 0 Å². The summed E-state index contributed by atoms with van der Waals surface area (Å²) in [5, 5.41) is 0. The van der Waals surface area contributed by atoms with Crippen molar-refractivity contribution in [2.75, 3.05) is 0 Å². The van der Waals surface area contributed by atoms with Gasteiger partial charge >= 0.3 is 7.48 Å². The first-order chi connectivity index (χ1) is 2.43. The summed E-state index contributed by atoms with van der Waals surface area (Å²) in [7, 11) is 1.85. The number of hydrogen-bond donors (Lipinski definition) is 0. The highest BCUT2D eigenvalue weighted by molar-refractivity contribution is 6.39. The Kier molecular flexibility index (Phi) is 0.654. The van der Waals surface area contributed by atoms with Gasteiger partial charge in [-0.3, -0.25) is 0 Å². The highest BCUT2D eigenvalue weighted by Gasteiger charge is 2.22. The molecular weight excluding hydrogens is 62.8 g/mol. The lowest BCUT2D eigenvalue weighted by Crippen LogP contribution is -1.75. The summed E-state index contributed by atoms with van der Waals surface area (Å²) in [6.07, 6.45) is 1.14. The van der Waals surface area contributed by atoms with Gasteiger partial charge in [-0.1, -0.05) is 6.92 Å². The Morgan fingerprint density at radius 1 is 2.00 bits per heavy atom. The molecule has 0 aromatic heterocycles. The summed E-state index contributed by atoms with van der Waals surface area (Å²) in [6.45, 7) is 2.11. The van der Waals surface area contributed by atoms with Gasteiger partial charge in [0.15, 0.2) is 0 Å². The second kappa shape index (κ2) is 1.01. The SMILES string of the molecule is CCC1[B]O1. The Morgan fingerprint density at radius 2 is 2.60 bits per heavy atom. The molecule has 0 N–H and O–H groups in total. The first-order valence-corrected chi connectivity index (χ1v) is 1.92.